The van der Waals surface area contributed by atoms with Crippen LogP contribution in [0.4, 0.5) is 4.39 Å². The lowest BCUT2D eigenvalue weighted by Gasteiger charge is -2.23. The van der Waals surface area contributed by atoms with Gasteiger partial charge >= 0.3 is 0 Å². The van der Waals surface area contributed by atoms with Crippen molar-refractivity contribution < 1.29 is 12.8 Å². The first-order valence-corrected chi connectivity index (χ1v) is 7.92. The summed E-state index contributed by atoms with van der Waals surface area (Å²) in [6, 6.07) is 4.30. The molecule has 1 unspecified atom stereocenters. The third kappa shape index (κ3) is 3.22. The van der Waals surface area contributed by atoms with Crippen molar-refractivity contribution in [3.63, 3.8) is 0 Å². The van der Waals surface area contributed by atoms with Crippen LogP contribution < -0.4 is 0 Å². The summed E-state index contributed by atoms with van der Waals surface area (Å²) in [7, 11) is -1.02. The second-order valence-corrected chi connectivity index (χ2v) is 7.34. The van der Waals surface area contributed by atoms with Crippen molar-refractivity contribution in [2.24, 2.45) is 0 Å². The van der Waals surface area contributed by atoms with Crippen molar-refractivity contribution in [1.29, 1.82) is 0 Å². The molecular formula is C12H15ClFNO2S. The van der Waals surface area contributed by atoms with Gasteiger partial charge in [-0.25, -0.2) is 12.8 Å². The summed E-state index contributed by atoms with van der Waals surface area (Å²) < 4.78 is 35.7. The van der Waals surface area contributed by atoms with E-state index in [4.69, 9.17) is 11.6 Å². The Kier molecular flexibility index (Phi) is 3.94. The second-order valence-electron chi connectivity index (χ2n) is 4.71. The maximum Gasteiger partial charge on any atom is 0.151 e. The molecule has 0 aliphatic carbocycles. The van der Waals surface area contributed by atoms with Gasteiger partial charge in [-0.2, -0.15) is 0 Å². The maximum atomic E-state index is 12.9. The molecule has 0 aromatic heterocycles. The van der Waals surface area contributed by atoms with Crippen LogP contribution in [0.25, 0.3) is 0 Å². The number of sulfone groups is 1. The van der Waals surface area contributed by atoms with Gasteiger partial charge in [0.15, 0.2) is 9.84 Å². The Labute approximate surface area is 111 Å². The van der Waals surface area contributed by atoms with E-state index in [-0.39, 0.29) is 23.4 Å². The highest BCUT2D eigenvalue weighted by molar-refractivity contribution is 7.91. The third-order valence-electron chi connectivity index (χ3n) is 3.27. The zero-order chi connectivity index (χ0) is 13.3. The molecule has 0 N–H and O–H groups in total. The number of hydrogen-bond donors (Lipinski definition) is 0. The molecule has 0 bridgehead atoms. The van der Waals surface area contributed by atoms with Crippen LogP contribution >= 0.6 is 11.6 Å². The molecule has 0 spiro atoms. The van der Waals surface area contributed by atoms with Gasteiger partial charge in [-0.15, -0.1) is 0 Å². The molecule has 1 aliphatic heterocycles. The van der Waals surface area contributed by atoms with E-state index in [9.17, 15) is 12.8 Å². The maximum absolute atomic E-state index is 12.9. The van der Waals surface area contributed by atoms with E-state index in [1.165, 1.54) is 12.1 Å². The van der Waals surface area contributed by atoms with Crippen molar-refractivity contribution in [2.45, 2.75) is 19.0 Å². The van der Waals surface area contributed by atoms with Gasteiger partial charge in [-0.1, -0.05) is 17.7 Å². The lowest BCUT2D eigenvalue weighted by Crippen LogP contribution is -2.32. The summed E-state index contributed by atoms with van der Waals surface area (Å²) in [4.78, 5) is 1.96. The minimum atomic E-state index is -2.88. The molecule has 18 heavy (non-hydrogen) atoms. The van der Waals surface area contributed by atoms with Crippen LogP contribution in [-0.4, -0.2) is 37.9 Å². The zero-order valence-corrected chi connectivity index (χ0v) is 11.6. The SMILES string of the molecule is CN(Cc1ccc(F)cc1Cl)C1CCS(=O)(=O)C1. The predicted octanol–water partition coefficient (Wildman–Crippen LogP) is 2.10. The predicted molar refractivity (Wildman–Crippen MR) is 69.9 cm³/mol. The number of rotatable bonds is 3. The van der Waals surface area contributed by atoms with Gasteiger partial charge in [0.25, 0.3) is 0 Å². The van der Waals surface area contributed by atoms with Crippen LogP contribution in [0.1, 0.15) is 12.0 Å². The van der Waals surface area contributed by atoms with Gasteiger partial charge in [-0.05, 0) is 31.2 Å². The van der Waals surface area contributed by atoms with Gasteiger partial charge in [0.2, 0.25) is 0 Å². The summed E-state index contributed by atoms with van der Waals surface area (Å²) in [5.74, 6) is 0.0800. The molecule has 1 aromatic carbocycles. The van der Waals surface area contributed by atoms with E-state index in [0.717, 1.165) is 5.56 Å². The van der Waals surface area contributed by atoms with E-state index < -0.39 is 9.84 Å². The molecule has 6 heteroatoms. The largest absolute Gasteiger partial charge is 0.298 e. The van der Waals surface area contributed by atoms with E-state index >= 15 is 0 Å². The van der Waals surface area contributed by atoms with Crippen LogP contribution in [0, 0.1) is 5.82 Å². The van der Waals surface area contributed by atoms with Crippen molar-refractivity contribution in [2.75, 3.05) is 18.6 Å². The average Bonchev–Trinajstić information content (AvgIpc) is 2.63. The quantitative estimate of drug-likeness (QED) is 0.856. The van der Waals surface area contributed by atoms with E-state index in [1.54, 1.807) is 6.07 Å². The molecule has 1 aliphatic rings. The Morgan fingerprint density at radius 2 is 2.22 bits per heavy atom. The minimum Gasteiger partial charge on any atom is -0.298 e. The fourth-order valence-electron chi connectivity index (χ4n) is 2.17. The molecule has 100 valence electrons. The van der Waals surface area contributed by atoms with Gasteiger partial charge in [0.05, 0.1) is 11.5 Å². The lowest BCUT2D eigenvalue weighted by atomic mass is 10.1. The molecule has 2 rings (SSSR count). The Hall–Kier alpha value is -0.650. The molecule has 1 fully saturated rings. The summed E-state index contributed by atoms with van der Waals surface area (Å²) in [5.41, 5.74) is 0.810. The van der Waals surface area contributed by atoms with Crippen LogP contribution in [0.3, 0.4) is 0 Å². The molecule has 1 heterocycles. The molecular weight excluding hydrogens is 277 g/mol. The fourth-order valence-corrected chi connectivity index (χ4v) is 4.20. The minimum absolute atomic E-state index is 0.0242. The first kappa shape index (κ1) is 13.8. The van der Waals surface area contributed by atoms with Crippen LogP contribution in [-0.2, 0) is 16.4 Å². The Morgan fingerprint density at radius 3 is 2.78 bits per heavy atom. The normalized spacial score (nSPS) is 22.6. The van der Waals surface area contributed by atoms with Crippen molar-refractivity contribution >= 4 is 21.4 Å². The van der Waals surface area contributed by atoms with Gasteiger partial charge in [-0.3, -0.25) is 4.90 Å². The highest BCUT2D eigenvalue weighted by Crippen LogP contribution is 2.22. The summed E-state index contributed by atoms with van der Waals surface area (Å²) in [5, 5.41) is 0.378. The lowest BCUT2D eigenvalue weighted by molar-refractivity contribution is 0.254. The molecule has 1 atom stereocenters. The summed E-state index contributed by atoms with van der Waals surface area (Å²) in [6.45, 7) is 0.527. The average molecular weight is 292 g/mol. The second kappa shape index (κ2) is 5.15. The first-order valence-electron chi connectivity index (χ1n) is 5.72. The smallest absolute Gasteiger partial charge is 0.151 e. The third-order valence-corrected chi connectivity index (χ3v) is 5.37. The molecule has 1 saturated heterocycles. The van der Waals surface area contributed by atoms with Crippen LogP contribution in [0.2, 0.25) is 5.02 Å². The molecule has 0 saturated carbocycles. The van der Waals surface area contributed by atoms with Gasteiger partial charge in [0.1, 0.15) is 5.82 Å². The van der Waals surface area contributed by atoms with Crippen LogP contribution in [0.15, 0.2) is 18.2 Å². The number of hydrogen-bond acceptors (Lipinski definition) is 3. The van der Waals surface area contributed by atoms with Gasteiger partial charge in [0, 0.05) is 17.6 Å². The topological polar surface area (TPSA) is 37.4 Å². The van der Waals surface area contributed by atoms with Gasteiger partial charge < -0.3 is 0 Å². The van der Waals surface area contributed by atoms with Crippen molar-refractivity contribution in [1.82, 2.24) is 4.90 Å². The van der Waals surface area contributed by atoms with Crippen molar-refractivity contribution in [3.8, 4) is 0 Å². The molecule has 1 aromatic rings. The standard InChI is InChI=1S/C12H15ClFNO2S/c1-15(11-4-5-18(16,17)8-11)7-9-2-3-10(14)6-12(9)13/h2-3,6,11H,4-5,7-8H2,1H3. The summed E-state index contributed by atoms with van der Waals surface area (Å²) >= 11 is 5.95. The Balaban J connectivity index is 2.05. The Morgan fingerprint density at radius 1 is 1.50 bits per heavy atom. The first-order chi connectivity index (χ1) is 8.37. The monoisotopic (exact) mass is 291 g/mol. The highest BCUT2D eigenvalue weighted by atomic mass is 35.5. The highest BCUT2D eigenvalue weighted by Gasteiger charge is 2.30. The molecule has 0 amide bonds. The van der Waals surface area contributed by atoms with E-state index in [0.29, 0.717) is 18.0 Å². The molecule has 3 nitrogen and oxygen atoms in total. The Bertz CT molecular complexity index is 547. The van der Waals surface area contributed by atoms with E-state index in [1.807, 2.05) is 11.9 Å². The molecule has 0 radical (unpaired) electrons. The fraction of sp³-hybridized carbons (Fsp3) is 0.500. The summed E-state index contributed by atoms with van der Waals surface area (Å²) in [6.07, 6.45) is 0.650. The van der Waals surface area contributed by atoms with E-state index in [2.05, 4.69) is 0 Å². The number of benzene rings is 1. The zero-order valence-electron chi connectivity index (χ0n) is 10.1. The van der Waals surface area contributed by atoms with Crippen molar-refractivity contribution in [3.05, 3.63) is 34.6 Å². The van der Waals surface area contributed by atoms with Crippen LogP contribution in [0.5, 0.6) is 0 Å². The number of halogens is 2. The number of nitrogens with zero attached hydrogens (tertiary/aromatic N) is 1.